The maximum Gasteiger partial charge on any atom is 0.251 e. The molecule has 0 aromatic heterocycles. The van der Waals surface area contributed by atoms with Gasteiger partial charge in [-0.15, -0.1) is 0 Å². The predicted octanol–water partition coefficient (Wildman–Crippen LogP) is 2.09. The third kappa shape index (κ3) is 5.41. The molecule has 2 aliphatic rings. The molecule has 1 aromatic rings. The van der Waals surface area contributed by atoms with Gasteiger partial charge in [-0.3, -0.25) is 9.79 Å². The number of benzene rings is 1. The lowest BCUT2D eigenvalue weighted by Gasteiger charge is -2.37. The molecule has 0 aliphatic carbocycles. The summed E-state index contributed by atoms with van der Waals surface area (Å²) in [5.41, 5.74) is 1.17. The Bertz CT molecular complexity index is 695. The Balaban J connectivity index is 1.58. The van der Waals surface area contributed by atoms with E-state index >= 15 is 0 Å². The van der Waals surface area contributed by atoms with Crippen LogP contribution in [0.2, 0.25) is 0 Å². The fourth-order valence-corrected chi connectivity index (χ4v) is 3.94. The van der Waals surface area contributed by atoms with Crippen LogP contribution in [0.1, 0.15) is 38.2 Å². The average molecular weight is 403 g/mol. The van der Waals surface area contributed by atoms with E-state index in [1.807, 2.05) is 23.1 Å². The number of carbonyl (C=O) groups is 1. The molecule has 29 heavy (non-hydrogen) atoms. The van der Waals surface area contributed by atoms with Crippen LogP contribution < -0.4 is 10.1 Å². The summed E-state index contributed by atoms with van der Waals surface area (Å²) in [5.74, 6) is 2.22. The maximum atomic E-state index is 12.6. The number of piperazine rings is 1. The molecule has 2 fully saturated rings. The molecule has 1 amide bonds. The molecular formula is C22H34N4O3. The van der Waals surface area contributed by atoms with E-state index in [4.69, 9.17) is 14.5 Å². The van der Waals surface area contributed by atoms with Gasteiger partial charge in [0, 0.05) is 51.8 Å². The quantitative estimate of drug-likeness (QED) is 0.583. The summed E-state index contributed by atoms with van der Waals surface area (Å²) in [5, 5.41) is 3.40. The van der Waals surface area contributed by atoms with E-state index in [0.717, 1.165) is 44.2 Å². The number of rotatable bonds is 6. The maximum absolute atomic E-state index is 12.6. The normalized spacial score (nSPS) is 21.2. The molecular weight excluding hydrogens is 368 g/mol. The minimum atomic E-state index is -0.231. The Morgan fingerprint density at radius 3 is 2.66 bits per heavy atom. The lowest BCUT2D eigenvalue weighted by molar-refractivity contribution is -0.142. The number of nitrogens with one attached hydrogen (secondary N) is 1. The van der Waals surface area contributed by atoms with Gasteiger partial charge in [-0.25, -0.2) is 0 Å². The van der Waals surface area contributed by atoms with Crippen molar-refractivity contribution in [2.75, 3.05) is 53.0 Å². The highest BCUT2D eigenvalue weighted by atomic mass is 16.5. The molecule has 1 N–H and O–H groups in total. The molecule has 2 unspecified atom stereocenters. The standard InChI is InChI=1S/C22H34N4O3/c1-4-23-22(24-16-17(2)18-8-5-6-9-19(18)28-3)26-13-11-25(12-14-26)21(27)20-10-7-15-29-20/h5-6,8-9,17,20H,4,7,10-16H2,1-3H3,(H,23,24). The molecule has 1 aromatic carbocycles. The number of nitrogens with zero attached hydrogens (tertiary/aromatic N) is 3. The highest BCUT2D eigenvalue weighted by Gasteiger charge is 2.30. The minimum Gasteiger partial charge on any atom is -0.496 e. The van der Waals surface area contributed by atoms with Crippen LogP contribution in [0, 0.1) is 0 Å². The van der Waals surface area contributed by atoms with E-state index in [9.17, 15) is 4.79 Å². The van der Waals surface area contributed by atoms with Crippen LogP contribution in [0.5, 0.6) is 5.75 Å². The summed E-state index contributed by atoms with van der Waals surface area (Å²) in [4.78, 5) is 21.6. The van der Waals surface area contributed by atoms with Gasteiger partial charge in [-0.1, -0.05) is 25.1 Å². The molecule has 0 saturated carbocycles. The van der Waals surface area contributed by atoms with Crippen LogP contribution in [0.3, 0.4) is 0 Å². The Labute approximate surface area is 174 Å². The third-order valence-electron chi connectivity index (χ3n) is 5.62. The first kappa shape index (κ1) is 21.4. The van der Waals surface area contributed by atoms with Gasteiger partial charge in [0.2, 0.25) is 0 Å². The van der Waals surface area contributed by atoms with Crippen molar-refractivity contribution in [3.05, 3.63) is 29.8 Å². The first-order valence-corrected chi connectivity index (χ1v) is 10.7. The third-order valence-corrected chi connectivity index (χ3v) is 5.62. The first-order valence-electron chi connectivity index (χ1n) is 10.7. The molecule has 0 radical (unpaired) electrons. The van der Waals surface area contributed by atoms with Gasteiger partial charge in [0.1, 0.15) is 11.9 Å². The lowest BCUT2D eigenvalue weighted by atomic mass is 10.0. The number of methoxy groups -OCH3 is 1. The van der Waals surface area contributed by atoms with Gasteiger partial charge in [-0.05, 0) is 31.4 Å². The Morgan fingerprint density at radius 1 is 1.28 bits per heavy atom. The average Bonchev–Trinajstić information content (AvgIpc) is 3.31. The Hall–Kier alpha value is -2.28. The molecule has 7 heteroatoms. The van der Waals surface area contributed by atoms with Crippen molar-refractivity contribution in [1.29, 1.82) is 0 Å². The summed E-state index contributed by atoms with van der Waals surface area (Å²) in [6.45, 7) is 9.45. The smallest absolute Gasteiger partial charge is 0.251 e. The second kappa shape index (κ2) is 10.5. The van der Waals surface area contributed by atoms with Crippen molar-refractivity contribution in [3.63, 3.8) is 0 Å². The van der Waals surface area contributed by atoms with E-state index in [1.165, 1.54) is 5.56 Å². The molecule has 3 rings (SSSR count). The van der Waals surface area contributed by atoms with Gasteiger partial charge < -0.3 is 24.6 Å². The number of ether oxygens (including phenoxy) is 2. The summed E-state index contributed by atoms with van der Waals surface area (Å²) in [7, 11) is 1.70. The number of hydrogen-bond donors (Lipinski definition) is 1. The number of hydrogen-bond acceptors (Lipinski definition) is 4. The van der Waals surface area contributed by atoms with Crippen LogP contribution in [-0.2, 0) is 9.53 Å². The highest BCUT2D eigenvalue weighted by molar-refractivity contribution is 5.83. The fourth-order valence-electron chi connectivity index (χ4n) is 3.94. The van der Waals surface area contributed by atoms with Crippen molar-refractivity contribution < 1.29 is 14.3 Å². The Kier molecular flexibility index (Phi) is 7.75. The monoisotopic (exact) mass is 402 g/mol. The van der Waals surface area contributed by atoms with Crippen molar-refractivity contribution in [2.45, 2.75) is 38.7 Å². The van der Waals surface area contributed by atoms with Gasteiger partial charge in [0.05, 0.1) is 7.11 Å². The molecule has 0 spiro atoms. The van der Waals surface area contributed by atoms with E-state index in [2.05, 4.69) is 30.1 Å². The minimum absolute atomic E-state index is 0.147. The van der Waals surface area contributed by atoms with Gasteiger partial charge >= 0.3 is 0 Å². The number of para-hydroxylation sites is 1. The second-order valence-corrected chi connectivity index (χ2v) is 7.65. The number of carbonyl (C=O) groups excluding carboxylic acids is 1. The van der Waals surface area contributed by atoms with Gasteiger partial charge in [-0.2, -0.15) is 0 Å². The molecule has 2 saturated heterocycles. The predicted molar refractivity (Wildman–Crippen MR) is 115 cm³/mol. The summed E-state index contributed by atoms with van der Waals surface area (Å²) >= 11 is 0. The molecule has 2 atom stereocenters. The van der Waals surface area contributed by atoms with Crippen molar-refractivity contribution in [3.8, 4) is 5.75 Å². The van der Waals surface area contributed by atoms with Gasteiger partial charge in [0.25, 0.3) is 5.91 Å². The zero-order valence-electron chi connectivity index (χ0n) is 17.9. The van der Waals surface area contributed by atoms with Crippen LogP contribution in [-0.4, -0.2) is 80.8 Å². The van der Waals surface area contributed by atoms with Gasteiger partial charge in [0.15, 0.2) is 5.96 Å². The number of amides is 1. The first-order chi connectivity index (χ1) is 14.1. The second-order valence-electron chi connectivity index (χ2n) is 7.65. The van der Waals surface area contributed by atoms with Crippen molar-refractivity contribution >= 4 is 11.9 Å². The zero-order chi connectivity index (χ0) is 20.6. The molecule has 0 bridgehead atoms. The highest BCUT2D eigenvalue weighted by Crippen LogP contribution is 2.26. The number of guanidine groups is 1. The topological polar surface area (TPSA) is 66.4 Å². The fraction of sp³-hybridized carbons (Fsp3) is 0.636. The van der Waals surface area contributed by atoms with E-state index < -0.39 is 0 Å². The Morgan fingerprint density at radius 2 is 2.00 bits per heavy atom. The van der Waals surface area contributed by atoms with Crippen molar-refractivity contribution in [1.82, 2.24) is 15.1 Å². The summed E-state index contributed by atoms with van der Waals surface area (Å²) in [6.07, 6.45) is 1.60. The van der Waals surface area contributed by atoms with Crippen LogP contribution in [0.4, 0.5) is 0 Å². The van der Waals surface area contributed by atoms with E-state index in [-0.39, 0.29) is 17.9 Å². The molecule has 7 nitrogen and oxygen atoms in total. The van der Waals surface area contributed by atoms with E-state index in [1.54, 1.807) is 7.11 Å². The molecule has 160 valence electrons. The number of aliphatic imine (C=N–C) groups is 1. The van der Waals surface area contributed by atoms with Crippen LogP contribution in [0.25, 0.3) is 0 Å². The molecule has 2 aliphatic heterocycles. The SMILES string of the molecule is CCNC(=NCC(C)c1ccccc1OC)N1CCN(C(=O)C2CCCO2)CC1. The van der Waals surface area contributed by atoms with Crippen LogP contribution in [0.15, 0.2) is 29.3 Å². The largest absolute Gasteiger partial charge is 0.496 e. The zero-order valence-corrected chi connectivity index (χ0v) is 17.9. The summed E-state index contributed by atoms with van der Waals surface area (Å²) < 4.78 is 11.0. The lowest BCUT2D eigenvalue weighted by Crippen LogP contribution is -2.55. The van der Waals surface area contributed by atoms with E-state index in [0.29, 0.717) is 26.2 Å². The molecule has 2 heterocycles. The summed E-state index contributed by atoms with van der Waals surface area (Å²) in [6, 6.07) is 8.11. The van der Waals surface area contributed by atoms with Crippen LogP contribution >= 0.6 is 0 Å². The van der Waals surface area contributed by atoms with Crippen molar-refractivity contribution in [2.24, 2.45) is 4.99 Å².